The number of H-pyrrole nitrogens is 1. The van der Waals surface area contributed by atoms with E-state index in [0.717, 1.165) is 0 Å². The van der Waals surface area contributed by atoms with Crippen LogP contribution in [0.2, 0.25) is 0 Å². The van der Waals surface area contributed by atoms with E-state index in [0.29, 0.717) is 40.8 Å². The number of fused-ring (bicyclic) bond motifs is 1. The summed E-state index contributed by atoms with van der Waals surface area (Å²) in [5.41, 5.74) is 1.96. The third-order valence-electron chi connectivity index (χ3n) is 4.97. The Morgan fingerprint density at radius 1 is 0.793 bits per heavy atom. The van der Waals surface area contributed by atoms with E-state index in [9.17, 15) is 19.2 Å². The van der Waals surface area contributed by atoms with Crippen molar-refractivity contribution in [2.45, 2.75) is 12.8 Å². The molecule has 1 aliphatic rings. The van der Waals surface area contributed by atoms with E-state index in [4.69, 9.17) is 0 Å². The van der Waals surface area contributed by atoms with Gasteiger partial charge in [-0.05, 0) is 31.0 Å². The van der Waals surface area contributed by atoms with Crippen LogP contribution >= 0.6 is 0 Å². The molecule has 3 aromatic rings. The van der Waals surface area contributed by atoms with Crippen molar-refractivity contribution in [2.75, 3.05) is 6.54 Å². The summed E-state index contributed by atoms with van der Waals surface area (Å²) in [5, 5.41) is 0. The number of aromatic amines is 1. The molecule has 29 heavy (non-hydrogen) atoms. The van der Waals surface area contributed by atoms with Gasteiger partial charge < -0.3 is 4.98 Å². The van der Waals surface area contributed by atoms with Gasteiger partial charge >= 0.3 is 0 Å². The SMILES string of the molecule is O=C(c1ccccc1)c1ccc(=O)[nH]c1CCCN1C(=O)c2ccccc2C1=O. The molecule has 0 saturated carbocycles. The van der Waals surface area contributed by atoms with E-state index in [1.54, 1.807) is 48.5 Å². The molecule has 0 spiro atoms. The number of hydrogen-bond acceptors (Lipinski definition) is 4. The van der Waals surface area contributed by atoms with E-state index in [1.807, 2.05) is 6.07 Å². The molecule has 144 valence electrons. The van der Waals surface area contributed by atoms with Gasteiger partial charge in [-0.2, -0.15) is 0 Å². The van der Waals surface area contributed by atoms with E-state index in [-0.39, 0.29) is 29.7 Å². The Labute approximate surface area is 166 Å². The molecule has 0 saturated heterocycles. The second kappa shape index (κ2) is 7.67. The number of nitrogens with zero attached hydrogens (tertiary/aromatic N) is 1. The number of ketones is 1. The topological polar surface area (TPSA) is 87.3 Å². The minimum Gasteiger partial charge on any atom is -0.325 e. The number of benzene rings is 2. The summed E-state index contributed by atoms with van der Waals surface area (Å²) in [6.45, 7) is 0.211. The highest BCUT2D eigenvalue weighted by atomic mass is 16.2. The van der Waals surface area contributed by atoms with Gasteiger partial charge in [0.1, 0.15) is 0 Å². The third kappa shape index (κ3) is 3.52. The van der Waals surface area contributed by atoms with Crippen molar-refractivity contribution >= 4 is 17.6 Å². The number of aryl methyl sites for hydroxylation is 1. The molecule has 0 atom stereocenters. The lowest BCUT2D eigenvalue weighted by Gasteiger charge is -2.14. The smallest absolute Gasteiger partial charge is 0.261 e. The Bertz CT molecular complexity index is 1130. The second-order valence-electron chi connectivity index (χ2n) is 6.82. The van der Waals surface area contributed by atoms with Crippen LogP contribution < -0.4 is 5.56 Å². The Kier molecular flexibility index (Phi) is 4.91. The van der Waals surface area contributed by atoms with Crippen molar-refractivity contribution in [1.29, 1.82) is 0 Å². The maximum absolute atomic E-state index is 12.8. The average molecular weight is 386 g/mol. The minimum absolute atomic E-state index is 0.183. The van der Waals surface area contributed by atoms with Crippen LogP contribution in [0.1, 0.15) is 48.8 Å². The van der Waals surface area contributed by atoms with Gasteiger partial charge in [0.25, 0.3) is 11.8 Å². The van der Waals surface area contributed by atoms with Gasteiger partial charge in [-0.25, -0.2) is 0 Å². The fraction of sp³-hybridized carbons (Fsp3) is 0.130. The van der Waals surface area contributed by atoms with Gasteiger partial charge in [-0.1, -0.05) is 42.5 Å². The first-order valence-corrected chi connectivity index (χ1v) is 9.33. The Morgan fingerprint density at radius 2 is 1.41 bits per heavy atom. The van der Waals surface area contributed by atoms with Crippen molar-refractivity contribution in [3.05, 3.63) is 105 Å². The summed E-state index contributed by atoms with van der Waals surface area (Å²) in [5.74, 6) is -0.807. The van der Waals surface area contributed by atoms with Crippen molar-refractivity contribution in [3.8, 4) is 0 Å². The fourth-order valence-electron chi connectivity index (χ4n) is 3.53. The molecular formula is C23H18N2O4. The standard InChI is InChI=1S/C23H18N2O4/c26-20-13-12-18(21(27)15-7-2-1-3-8-15)19(24-20)11-6-14-25-22(28)16-9-4-5-10-17(16)23(25)29/h1-5,7-10,12-13H,6,11,14H2,(H,24,26). The van der Waals surface area contributed by atoms with Crippen molar-refractivity contribution in [2.24, 2.45) is 0 Å². The molecule has 0 radical (unpaired) electrons. The number of aromatic nitrogens is 1. The lowest BCUT2D eigenvalue weighted by atomic mass is 10.00. The largest absolute Gasteiger partial charge is 0.325 e. The second-order valence-corrected chi connectivity index (χ2v) is 6.82. The molecule has 1 N–H and O–H groups in total. The number of pyridine rings is 1. The van der Waals surface area contributed by atoms with Crippen LogP contribution in [0.4, 0.5) is 0 Å². The summed E-state index contributed by atoms with van der Waals surface area (Å²) in [6, 6.07) is 18.4. The van der Waals surface area contributed by atoms with E-state index in [2.05, 4.69) is 4.98 Å². The molecule has 2 aromatic carbocycles. The number of nitrogens with one attached hydrogen (secondary N) is 1. The Balaban J connectivity index is 1.50. The van der Waals surface area contributed by atoms with Crippen LogP contribution in [0.5, 0.6) is 0 Å². The summed E-state index contributed by atoms with van der Waals surface area (Å²) >= 11 is 0. The number of carbonyl (C=O) groups excluding carboxylic acids is 3. The molecule has 2 heterocycles. The molecule has 4 rings (SSSR count). The number of carbonyl (C=O) groups is 3. The van der Waals surface area contributed by atoms with E-state index in [1.165, 1.54) is 17.0 Å². The average Bonchev–Trinajstić information content (AvgIpc) is 2.99. The normalized spacial score (nSPS) is 12.9. The number of imide groups is 1. The molecule has 2 amide bonds. The Hall–Kier alpha value is -3.80. The molecule has 1 aromatic heterocycles. The van der Waals surface area contributed by atoms with Crippen LogP contribution in [0.25, 0.3) is 0 Å². The zero-order valence-corrected chi connectivity index (χ0v) is 15.6. The number of amides is 2. The predicted octanol–water partition coefficient (Wildman–Crippen LogP) is 2.83. The molecule has 6 nitrogen and oxygen atoms in total. The Morgan fingerprint density at radius 3 is 2.07 bits per heavy atom. The fourth-order valence-corrected chi connectivity index (χ4v) is 3.53. The lowest BCUT2D eigenvalue weighted by molar-refractivity contribution is 0.0652. The highest BCUT2D eigenvalue weighted by molar-refractivity contribution is 6.21. The molecule has 0 aliphatic carbocycles. The van der Waals surface area contributed by atoms with Crippen LogP contribution in [-0.4, -0.2) is 34.0 Å². The zero-order chi connectivity index (χ0) is 20.4. The van der Waals surface area contributed by atoms with Gasteiger partial charge in [0.05, 0.1) is 11.1 Å². The van der Waals surface area contributed by atoms with Crippen molar-refractivity contribution in [1.82, 2.24) is 9.88 Å². The summed E-state index contributed by atoms with van der Waals surface area (Å²) in [6.07, 6.45) is 0.790. The number of hydrogen-bond donors (Lipinski definition) is 1. The maximum atomic E-state index is 12.8. The third-order valence-corrected chi connectivity index (χ3v) is 4.97. The first kappa shape index (κ1) is 18.6. The van der Waals surface area contributed by atoms with Crippen LogP contribution in [-0.2, 0) is 6.42 Å². The first-order valence-electron chi connectivity index (χ1n) is 9.33. The molecule has 0 fully saturated rings. The number of rotatable bonds is 6. The van der Waals surface area contributed by atoms with Crippen LogP contribution in [0.15, 0.2) is 71.5 Å². The van der Waals surface area contributed by atoms with Gasteiger partial charge in [-0.3, -0.25) is 24.1 Å². The first-order chi connectivity index (χ1) is 14.1. The van der Waals surface area contributed by atoms with Crippen LogP contribution in [0, 0.1) is 0 Å². The maximum Gasteiger partial charge on any atom is 0.261 e. The minimum atomic E-state index is -0.312. The van der Waals surface area contributed by atoms with Crippen molar-refractivity contribution < 1.29 is 14.4 Å². The quantitative estimate of drug-likeness (QED) is 0.521. The van der Waals surface area contributed by atoms with Gasteiger partial charge in [0, 0.05) is 29.4 Å². The molecule has 1 aliphatic heterocycles. The molecule has 6 heteroatoms. The van der Waals surface area contributed by atoms with Gasteiger partial charge in [0.2, 0.25) is 5.56 Å². The summed E-state index contributed by atoms with van der Waals surface area (Å²) in [4.78, 5) is 53.5. The zero-order valence-electron chi connectivity index (χ0n) is 15.6. The monoisotopic (exact) mass is 386 g/mol. The highest BCUT2D eigenvalue weighted by Gasteiger charge is 2.34. The van der Waals surface area contributed by atoms with E-state index < -0.39 is 0 Å². The highest BCUT2D eigenvalue weighted by Crippen LogP contribution is 2.23. The van der Waals surface area contributed by atoms with E-state index >= 15 is 0 Å². The van der Waals surface area contributed by atoms with Gasteiger partial charge in [-0.15, -0.1) is 0 Å². The summed E-state index contributed by atoms with van der Waals surface area (Å²) in [7, 11) is 0. The van der Waals surface area contributed by atoms with Crippen LogP contribution in [0.3, 0.4) is 0 Å². The van der Waals surface area contributed by atoms with Gasteiger partial charge in [0.15, 0.2) is 5.78 Å². The predicted molar refractivity (Wildman–Crippen MR) is 107 cm³/mol. The molecule has 0 bridgehead atoms. The molecule has 0 unspecified atom stereocenters. The lowest BCUT2D eigenvalue weighted by Crippen LogP contribution is -2.31. The summed E-state index contributed by atoms with van der Waals surface area (Å²) < 4.78 is 0. The molecular weight excluding hydrogens is 368 g/mol. The van der Waals surface area contributed by atoms with Crippen molar-refractivity contribution in [3.63, 3.8) is 0 Å².